The zero-order chi connectivity index (χ0) is 39.3. The van der Waals surface area contributed by atoms with E-state index in [9.17, 15) is 41.0 Å². The second kappa shape index (κ2) is 15.8. The van der Waals surface area contributed by atoms with E-state index in [1.807, 2.05) is 30.3 Å². The first-order valence-corrected chi connectivity index (χ1v) is 19.5. The second-order valence-electron chi connectivity index (χ2n) is 12.1. The number of carbonyl (C=O) groups is 2. The normalized spacial score (nSPS) is 11.7. The van der Waals surface area contributed by atoms with Gasteiger partial charge < -0.3 is 14.9 Å². The van der Waals surface area contributed by atoms with E-state index >= 15 is 0 Å². The fourth-order valence-electron chi connectivity index (χ4n) is 6.02. The van der Waals surface area contributed by atoms with Crippen LogP contribution in [0.2, 0.25) is 0 Å². The van der Waals surface area contributed by atoms with Gasteiger partial charge in [-0.2, -0.15) is 0 Å². The Kier molecular flexibility index (Phi) is 11.0. The molecule has 0 unspecified atom stereocenters. The number of aliphatic carboxylic acids is 2. The third-order valence-electron chi connectivity index (χ3n) is 8.62. The first-order chi connectivity index (χ1) is 26.3. The average molecular weight is 781 g/mol. The van der Waals surface area contributed by atoms with Gasteiger partial charge in [0.15, 0.2) is 0 Å². The lowest BCUT2D eigenvalue weighted by atomic mass is 10.00. The Morgan fingerprint density at radius 1 is 0.636 bits per heavy atom. The molecule has 280 valence electrons. The molecular formula is C41H33FN2O9S2. The minimum absolute atomic E-state index is 0.0152. The third kappa shape index (κ3) is 8.20. The van der Waals surface area contributed by atoms with Crippen molar-refractivity contribution in [2.45, 2.75) is 9.79 Å². The molecule has 55 heavy (non-hydrogen) atoms. The number of carboxylic acid groups (broad SMARTS) is 2. The van der Waals surface area contributed by atoms with Gasteiger partial charge >= 0.3 is 11.9 Å². The van der Waals surface area contributed by atoms with Crippen LogP contribution >= 0.6 is 0 Å². The number of rotatable bonds is 14. The highest BCUT2D eigenvalue weighted by Crippen LogP contribution is 2.42. The molecular weight excluding hydrogens is 748 g/mol. The zero-order valence-electron chi connectivity index (χ0n) is 29.1. The number of benzene rings is 6. The quantitative estimate of drug-likeness (QED) is 0.108. The number of ether oxygens (including phenoxy) is 1. The van der Waals surface area contributed by atoms with Crippen LogP contribution in [0.5, 0.6) is 5.75 Å². The number of carboxylic acids is 2. The summed E-state index contributed by atoms with van der Waals surface area (Å²) < 4.78 is 78.1. The summed E-state index contributed by atoms with van der Waals surface area (Å²) in [5.74, 6) is -3.12. The summed E-state index contributed by atoms with van der Waals surface area (Å²) in [4.78, 5) is 24.3. The predicted octanol–water partition coefficient (Wildman–Crippen LogP) is 7.38. The molecule has 0 radical (unpaired) electrons. The summed E-state index contributed by atoms with van der Waals surface area (Å²) >= 11 is 0. The Hall–Kier alpha value is -6.51. The Bertz CT molecular complexity index is 2620. The van der Waals surface area contributed by atoms with Crippen molar-refractivity contribution in [3.63, 3.8) is 0 Å². The van der Waals surface area contributed by atoms with E-state index < -0.39 is 50.9 Å². The van der Waals surface area contributed by atoms with Gasteiger partial charge in [-0.3, -0.25) is 18.2 Å². The summed E-state index contributed by atoms with van der Waals surface area (Å²) in [6.45, 7) is -2.06. The van der Waals surface area contributed by atoms with Crippen molar-refractivity contribution in [3.05, 3.63) is 150 Å². The lowest BCUT2D eigenvalue weighted by Gasteiger charge is -2.30. The Morgan fingerprint density at radius 2 is 1.15 bits per heavy atom. The molecule has 6 rings (SSSR count). The molecule has 0 spiro atoms. The van der Waals surface area contributed by atoms with Gasteiger partial charge in [0.2, 0.25) is 0 Å². The van der Waals surface area contributed by atoms with E-state index in [0.717, 1.165) is 11.1 Å². The van der Waals surface area contributed by atoms with Crippen molar-refractivity contribution >= 4 is 66.3 Å². The molecule has 0 saturated heterocycles. The predicted molar refractivity (Wildman–Crippen MR) is 208 cm³/mol. The molecule has 0 saturated carbocycles. The first kappa shape index (κ1) is 38.2. The van der Waals surface area contributed by atoms with E-state index in [4.69, 9.17) is 4.74 Å². The van der Waals surface area contributed by atoms with Gasteiger partial charge in [0.1, 0.15) is 24.7 Å². The van der Waals surface area contributed by atoms with Gasteiger partial charge in [-0.1, -0.05) is 91.0 Å². The van der Waals surface area contributed by atoms with E-state index in [2.05, 4.69) is 0 Å². The van der Waals surface area contributed by atoms with Crippen LogP contribution in [-0.4, -0.2) is 59.2 Å². The summed E-state index contributed by atoms with van der Waals surface area (Å²) in [6, 6.07) is 33.2. The molecule has 0 bridgehead atoms. The SMILES string of the molecule is COc1ccc(S(=O)(=O)N(CC(=O)O)c2c(/C=C/c3ccc(F)cc3)cc(N(CC(=O)O)S(=O)(=O)c3ccc(-c4ccccc4)cc3)c3ccccc23)cc1. The molecule has 11 nitrogen and oxygen atoms in total. The fourth-order valence-corrected chi connectivity index (χ4v) is 8.90. The number of hydrogen-bond donors (Lipinski definition) is 2. The number of methoxy groups -OCH3 is 1. The Morgan fingerprint density at radius 3 is 1.73 bits per heavy atom. The second-order valence-corrected chi connectivity index (χ2v) is 15.9. The van der Waals surface area contributed by atoms with E-state index in [-0.39, 0.29) is 37.5 Å². The standard InChI is InChI=1S/C41H33FN2O9S2/c1-53-33-19-23-35(24-20-33)55(51,52)44(27-40(47)48)41-31(14-11-28-12-17-32(42)18-13-28)25-38(36-9-5-6-10-37(36)41)43(26-39(45)46)54(49,50)34-21-15-30(16-22-34)29-7-3-2-4-8-29/h2-25H,26-27H2,1H3,(H,45,46)(H,47,48)/b14-11+. The average Bonchev–Trinajstić information content (AvgIpc) is 3.19. The molecule has 6 aromatic carbocycles. The molecule has 2 N–H and O–H groups in total. The van der Waals surface area contributed by atoms with Crippen LogP contribution in [-0.2, 0) is 29.6 Å². The van der Waals surface area contributed by atoms with Crippen LogP contribution < -0.4 is 13.3 Å². The number of anilines is 2. The molecule has 0 amide bonds. The fraction of sp³-hybridized carbons (Fsp3) is 0.0732. The minimum atomic E-state index is -4.64. The highest BCUT2D eigenvalue weighted by molar-refractivity contribution is 7.93. The Labute approximate surface area is 316 Å². The Balaban J connectivity index is 1.61. The van der Waals surface area contributed by atoms with Crippen molar-refractivity contribution in [2.24, 2.45) is 0 Å². The summed E-state index contributed by atoms with van der Waals surface area (Å²) in [6.07, 6.45) is 2.94. The van der Waals surface area contributed by atoms with Gasteiger partial charge in [0.05, 0.1) is 28.3 Å². The number of halogens is 1. The molecule has 0 aliphatic rings. The highest BCUT2D eigenvalue weighted by atomic mass is 32.2. The van der Waals surface area contributed by atoms with E-state index in [1.165, 1.54) is 98.1 Å². The lowest BCUT2D eigenvalue weighted by molar-refractivity contribution is -0.136. The van der Waals surface area contributed by atoms with Crippen molar-refractivity contribution in [2.75, 3.05) is 28.8 Å². The maximum atomic E-state index is 14.5. The molecule has 14 heteroatoms. The molecule has 0 heterocycles. The van der Waals surface area contributed by atoms with Gasteiger partial charge in [-0.25, -0.2) is 21.2 Å². The van der Waals surface area contributed by atoms with Gasteiger partial charge in [-0.15, -0.1) is 0 Å². The molecule has 0 aliphatic carbocycles. The van der Waals surface area contributed by atoms with Gasteiger partial charge in [0.25, 0.3) is 20.0 Å². The van der Waals surface area contributed by atoms with E-state index in [0.29, 0.717) is 19.9 Å². The topological polar surface area (TPSA) is 159 Å². The molecule has 0 atom stereocenters. The number of fused-ring (bicyclic) bond motifs is 1. The van der Waals surface area contributed by atoms with Crippen LogP contribution in [0.25, 0.3) is 34.1 Å². The molecule has 0 aromatic heterocycles. The molecule has 0 fully saturated rings. The molecule has 6 aromatic rings. The lowest BCUT2D eigenvalue weighted by Crippen LogP contribution is -2.37. The first-order valence-electron chi connectivity index (χ1n) is 16.6. The summed E-state index contributed by atoms with van der Waals surface area (Å²) in [5, 5.41) is 20.3. The van der Waals surface area contributed by atoms with Crippen LogP contribution in [0.1, 0.15) is 11.1 Å². The number of hydrogen-bond acceptors (Lipinski definition) is 7. The van der Waals surface area contributed by atoms with E-state index in [1.54, 1.807) is 24.3 Å². The zero-order valence-corrected chi connectivity index (χ0v) is 30.7. The molecule has 0 aliphatic heterocycles. The number of nitrogens with zero attached hydrogens (tertiary/aromatic N) is 2. The summed E-state index contributed by atoms with van der Waals surface area (Å²) in [7, 11) is -7.85. The van der Waals surface area contributed by atoms with Crippen molar-refractivity contribution in [3.8, 4) is 16.9 Å². The highest BCUT2D eigenvalue weighted by Gasteiger charge is 2.34. The van der Waals surface area contributed by atoms with Crippen molar-refractivity contribution in [1.82, 2.24) is 0 Å². The van der Waals surface area contributed by atoms with Gasteiger partial charge in [0, 0.05) is 16.3 Å². The minimum Gasteiger partial charge on any atom is -0.497 e. The smallest absolute Gasteiger partial charge is 0.324 e. The van der Waals surface area contributed by atoms with Crippen LogP contribution in [0.15, 0.2) is 143 Å². The third-order valence-corrected chi connectivity index (χ3v) is 12.2. The summed E-state index contributed by atoms with van der Waals surface area (Å²) in [5.41, 5.74) is 1.80. The van der Waals surface area contributed by atoms with Crippen LogP contribution in [0.4, 0.5) is 15.8 Å². The monoisotopic (exact) mass is 780 g/mol. The van der Waals surface area contributed by atoms with Crippen molar-refractivity contribution in [1.29, 1.82) is 0 Å². The maximum Gasteiger partial charge on any atom is 0.324 e. The van der Waals surface area contributed by atoms with Gasteiger partial charge in [-0.05, 0) is 71.3 Å². The largest absolute Gasteiger partial charge is 0.497 e. The van der Waals surface area contributed by atoms with Crippen LogP contribution in [0, 0.1) is 5.82 Å². The van der Waals surface area contributed by atoms with Crippen molar-refractivity contribution < 1.29 is 45.8 Å². The number of sulfonamides is 2. The maximum absolute atomic E-state index is 14.5. The van der Waals surface area contributed by atoms with Crippen LogP contribution in [0.3, 0.4) is 0 Å².